The van der Waals surface area contributed by atoms with Crippen molar-refractivity contribution in [2.24, 2.45) is 0 Å². The quantitative estimate of drug-likeness (QED) is 0.514. The molecular formula is C13H12ClN3O2S. The Hall–Kier alpha value is -1.79. The first-order valence-electron chi connectivity index (χ1n) is 5.81. The highest BCUT2D eigenvalue weighted by Crippen LogP contribution is 2.32. The lowest BCUT2D eigenvalue weighted by Gasteiger charge is -2.06. The van der Waals surface area contributed by atoms with E-state index in [9.17, 15) is 10.1 Å². The standard InChI is InChI=1S/C13H12ClN3O2S/c1-15-12-7-6-11(17(18)19)13(16-12)20-8-9-4-2-3-5-10(9)14/h2-7H,8H2,1H3,(H,15,16). The van der Waals surface area contributed by atoms with Gasteiger partial charge in [-0.15, -0.1) is 0 Å². The number of thioether (sulfide) groups is 1. The number of aromatic nitrogens is 1. The van der Waals surface area contributed by atoms with Gasteiger partial charge in [-0.2, -0.15) is 0 Å². The normalized spacial score (nSPS) is 10.3. The average Bonchev–Trinajstić information content (AvgIpc) is 2.46. The summed E-state index contributed by atoms with van der Waals surface area (Å²) >= 11 is 7.37. The molecule has 0 aliphatic heterocycles. The predicted octanol–water partition coefficient (Wildman–Crippen LogP) is 3.98. The first kappa shape index (κ1) is 14.6. The Bertz CT molecular complexity index is 637. The van der Waals surface area contributed by atoms with Crippen molar-refractivity contribution in [2.45, 2.75) is 10.8 Å². The van der Waals surface area contributed by atoms with Crippen LogP contribution in [0.1, 0.15) is 5.56 Å². The molecule has 0 aliphatic carbocycles. The van der Waals surface area contributed by atoms with Gasteiger partial charge >= 0.3 is 5.69 Å². The zero-order chi connectivity index (χ0) is 14.5. The molecule has 1 N–H and O–H groups in total. The number of pyridine rings is 1. The van der Waals surface area contributed by atoms with Gasteiger partial charge in [-0.3, -0.25) is 10.1 Å². The topological polar surface area (TPSA) is 68.1 Å². The molecule has 104 valence electrons. The smallest absolute Gasteiger partial charge is 0.301 e. The largest absolute Gasteiger partial charge is 0.373 e. The van der Waals surface area contributed by atoms with Crippen molar-refractivity contribution < 1.29 is 4.92 Å². The second-order valence-corrected chi connectivity index (χ2v) is 5.28. The van der Waals surface area contributed by atoms with E-state index in [0.717, 1.165) is 5.56 Å². The number of hydrogen-bond acceptors (Lipinski definition) is 5. The van der Waals surface area contributed by atoms with Crippen molar-refractivity contribution in [3.8, 4) is 0 Å². The summed E-state index contributed by atoms with van der Waals surface area (Å²) in [6, 6.07) is 10.4. The van der Waals surface area contributed by atoms with Gasteiger partial charge in [0, 0.05) is 23.9 Å². The number of hydrogen-bond donors (Lipinski definition) is 1. The van der Waals surface area contributed by atoms with Gasteiger partial charge in [0.1, 0.15) is 5.82 Å². The van der Waals surface area contributed by atoms with E-state index in [1.165, 1.54) is 17.8 Å². The van der Waals surface area contributed by atoms with Crippen LogP contribution in [0.4, 0.5) is 11.5 Å². The molecule has 1 heterocycles. The molecule has 0 atom stereocenters. The van der Waals surface area contributed by atoms with Crippen LogP contribution in [0.15, 0.2) is 41.4 Å². The maximum atomic E-state index is 11.0. The molecule has 0 fully saturated rings. The second kappa shape index (κ2) is 6.58. The molecule has 7 heteroatoms. The summed E-state index contributed by atoms with van der Waals surface area (Å²) in [4.78, 5) is 14.8. The Kier molecular flexibility index (Phi) is 4.81. The van der Waals surface area contributed by atoms with Gasteiger partial charge in [0.25, 0.3) is 0 Å². The molecule has 0 amide bonds. The molecule has 0 spiro atoms. The van der Waals surface area contributed by atoms with Crippen LogP contribution in [0.3, 0.4) is 0 Å². The molecule has 0 radical (unpaired) electrons. The van der Waals surface area contributed by atoms with E-state index in [0.29, 0.717) is 21.6 Å². The van der Waals surface area contributed by atoms with Crippen LogP contribution in [-0.2, 0) is 5.75 Å². The number of anilines is 1. The summed E-state index contributed by atoms with van der Waals surface area (Å²) in [7, 11) is 1.72. The Morgan fingerprint density at radius 1 is 1.35 bits per heavy atom. The monoisotopic (exact) mass is 309 g/mol. The van der Waals surface area contributed by atoms with Crippen molar-refractivity contribution in [2.75, 3.05) is 12.4 Å². The predicted molar refractivity (Wildman–Crippen MR) is 81.5 cm³/mol. The van der Waals surface area contributed by atoms with Gasteiger partial charge in [0.2, 0.25) is 0 Å². The van der Waals surface area contributed by atoms with Gasteiger partial charge < -0.3 is 5.32 Å². The van der Waals surface area contributed by atoms with Gasteiger partial charge in [0.15, 0.2) is 5.03 Å². The highest BCUT2D eigenvalue weighted by atomic mass is 35.5. The Labute approximate surface area is 125 Å². The Balaban J connectivity index is 2.24. The molecule has 0 unspecified atom stereocenters. The fourth-order valence-electron chi connectivity index (χ4n) is 1.58. The molecule has 1 aromatic heterocycles. The fraction of sp³-hybridized carbons (Fsp3) is 0.154. The number of nitro groups is 1. The van der Waals surface area contributed by atoms with Gasteiger partial charge in [-0.25, -0.2) is 4.98 Å². The van der Waals surface area contributed by atoms with Gasteiger partial charge in [-0.05, 0) is 17.7 Å². The van der Waals surface area contributed by atoms with Crippen molar-refractivity contribution in [3.63, 3.8) is 0 Å². The number of rotatable bonds is 5. The van der Waals surface area contributed by atoms with Crippen LogP contribution in [0.25, 0.3) is 0 Å². The lowest BCUT2D eigenvalue weighted by molar-refractivity contribution is -0.388. The lowest BCUT2D eigenvalue weighted by Crippen LogP contribution is -1.98. The van der Waals surface area contributed by atoms with E-state index >= 15 is 0 Å². The molecule has 0 aliphatic rings. The Morgan fingerprint density at radius 3 is 2.75 bits per heavy atom. The molecule has 0 bridgehead atoms. The van der Waals surface area contributed by atoms with Crippen molar-refractivity contribution in [1.29, 1.82) is 0 Å². The first-order chi connectivity index (χ1) is 9.61. The van der Waals surface area contributed by atoms with E-state index < -0.39 is 4.92 Å². The summed E-state index contributed by atoms with van der Waals surface area (Å²) in [5.41, 5.74) is 0.922. The first-order valence-corrected chi connectivity index (χ1v) is 7.17. The number of nitrogens with zero attached hydrogens (tertiary/aromatic N) is 2. The molecule has 20 heavy (non-hydrogen) atoms. The van der Waals surface area contributed by atoms with Crippen molar-refractivity contribution >= 4 is 34.9 Å². The minimum absolute atomic E-state index is 0.000976. The summed E-state index contributed by atoms with van der Waals surface area (Å²) in [5.74, 6) is 1.12. The molecule has 2 aromatic rings. The van der Waals surface area contributed by atoms with Crippen molar-refractivity contribution in [3.05, 3.63) is 57.1 Å². The number of benzene rings is 1. The van der Waals surface area contributed by atoms with Crippen LogP contribution < -0.4 is 5.32 Å². The molecule has 0 saturated heterocycles. The minimum Gasteiger partial charge on any atom is -0.373 e. The number of halogens is 1. The lowest BCUT2D eigenvalue weighted by atomic mass is 10.2. The minimum atomic E-state index is -0.429. The third-order valence-electron chi connectivity index (χ3n) is 2.62. The molecule has 0 saturated carbocycles. The van der Waals surface area contributed by atoms with E-state index in [2.05, 4.69) is 10.3 Å². The van der Waals surface area contributed by atoms with E-state index in [4.69, 9.17) is 11.6 Å². The van der Waals surface area contributed by atoms with Crippen LogP contribution in [0, 0.1) is 10.1 Å². The van der Waals surface area contributed by atoms with Crippen LogP contribution in [0.2, 0.25) is 5.02 Å². The molecule has 2 rings (SSSR count). The number of nitrogens with one attached hydrogen (secondary N) is 1. The highest BCUT2D eigenvalue weighted by Gasteiger charge is 2.16. The van der Waals surface area contributed by atoms with Gasteiger partial charge in [0.05, 0.1) is 4.92 Å². The average molecular weight is 310 g/mol. The molecule has 1 aromatic carbocycles. The van der Waals surface area contributed by atoms with Gasteiger partial charge in [-0.1, -0.05) is 41.6 Å². The van der Waals surface area contributed by atoms with Crippen molar-refractivity contribution in [1.82, 2.24) is 4.98 Å². The zero-order valence-electron chi connectivity index (χ0n) is 10.7. The zero-order valence-corrected chi connectivity index (χ0v) is 12.2. The third kappa shape index (κ3) is 3.40. The van der Waals surface area contributed by atoms with Crippen LogP contribution in [-0.4, -0.2) is 17.0 Å². The summed E-state index contributed by atoms with van der Waals surface area (Å²) in [5, 5.41) is 14.9. The molecule has 5 nitrogen and oxygen atoms in total. The summed E-state index contributed by atoms with van der Waals surface area (Å²) in [6.07, 6.45) is 0. The van der Waals surface area contributed by atoms with E-state index in [-0.39, 0.29) is 5.69 Å². The maximum absolute atomic E-state index is 11.0. The van der Waals surface area contributed by atoms with E-state index in [1.807, 2.05) is 18.2 Å². The maximum Gasteiger partial charge on any atom is 0.301 e. The highest BCUT2D eigenvalue weighted by molar-refractivity contribution is 7.98. The fourth-order valence-corrected chi connectivity index (χ4v) is 2.86. The summed E-state index contributed by atoms with van der Waals surface area (Å²) in [6.45, 7) is 0. The van der Waals surface area contributed by atoms with E-state index in [1.54, 1.807) is 19.2 Å². The van der Waals surface area contributed by atoms with Crippen LogP contribution in [0.5, 0.6) is 0 Å². The SMILES string of the molecule is CNc1ccc([N+](=O)[O-])c(SCc2ccccc2Cl)n1. The summed E-state index contributed by atoms with van der Waals surface area (Å²) < 4.78 is 0. The third-order valence-corrected chi connectivity index (χ3v) is 4.01. The molecular weight excluding hydrogens is 298 g/mol. The Morgan fingerprint density at radius 2 is 2.10 bits per heavy atom. The van der Waals surface area contributed by atoms with Crippen LogP contribution >= 0.6 is 23.4 Å². The second-order valence-electron chi connectivity index (χ2n) is 3.91.